The summed E-state index contributed by atoms with van der Waals surface area (Å²) in [5, 5.41) is 10.7. The number of carbonyl (C=O) groups excluding carboxylic acids is 1. The molecule has 0 bridgehead atoms. The Morgan fingerprint density at radius 2 is 2.39 bits per heavy atom. The third kappa shape index (κ3) is 2.70. The van der Waals surface area contributed by atoms with E-state index in [4.69, 9.17) is 9.84 Å². The van der Waals surface area contributed by atoms with Gasteiger partial charge in [-0.1, -0.05) is 6.07 Å². The molecule has 1 saturated heterocycles. The van der Waals surface area contributed by atoms with Crippen molar-refractivity contribution in [1.29, 1.82) is 0 Å². The average molecular weight is 269 g/mol. The zero-order valence-electron chi connectivity index (χ0n) is 10.0. The molecule has 1 N–H and O–H groups in total. The van der Waals surface area contributed by atoms with Crippen molar-refractivity contribution < 1.29 is 19.4 Å². The van der Waals surface area contributed by atoms with Gasteiger partial charge in [-0.05, 0) is 17.9 Å². The maximum atomic E-state index is 12.2. The van der Waals surface area contributed by atoms with E-state index in [0.29, 0.717) is 17.8 Å². The molecule has 6 heteroatoms. The van der Waals surface area contributed by atoms with Gasteiger partial charge in [-0.3, -0.25) is 9.59 Å². The monoisotopic (exact) mass is 269 g/mol. The number of carboxylic acids is 1. The molecule has 0 aromatic carbocycles. The lowest BCUT2D eigenvalue weighted by Crippen LogP contribution is -2.36. The Labute approximate surface area is 109 Å². The number of thiophene rings is 1. The number of carboxylic acid groups (broad SMARTS) is 1. The van der Waals surface area contributed by atoms with Crippen molar-refractivity contribution >= 4 is 23.2 Å². The molecule has 2 rings (SSSR count). The molecule has 98 valence electrons. The van der Waals surface area contributed by atoms with Gasteiger partial charge in [-0.15, -0.1) is 11.3 Å². The van der Waals surface area contributed by atoms with Crippen LogP contribution in [0.2, 0.25) is 0 Å². The highest BCUT2D eigenvalue weighted by molar-refractivity contribution is 7.12. The van der Waals surface area contributed by atoms with E-state index >= 15 is 0 Å². The fourth-order valence-electron chi connectivity index (χ4n) is 2.23. The lowest BCUT2D eigenvalue weighted by Gasteiger charge is -2.22. The standard InChI is InChI=1S/C12H15NO4S/c1-17-9-5-8(6-11(14)15)13(7-9)12(16)10-3-2-4-18-10/h2-4,8-9H,5-7H2,1H3,(H,14,15). The van der Waals surface area contributed by atoms with Gasteiger partial charge >= 0.3 is 5.97 Å². The molecular weight excluding hydrogens is 254 g/mol. The quantitative estimate of drug-likeness (QED) is 0.898. The van der Waals surface area contributed by atoms with Gasteiger partial charge in [0.25, 0.3) is 5.91 Å². The summed E-state index contributed by atoms with van der Waals surface area (Å²) in [4.78, 5) is 25.3. The molecule has 0 aliphatic carbocycles. The highest BCUT2D eigenvalue weighted by atomic mass is 32.1. The summed E-state index contributed by atoms with van der Waals surface area (Å²) in [6.45, 7) is 0.463. The van der Waals surface area contributed by atoms with Crippen LogP contribution in [0.3, 0.4) is 0 Å². The van der Waals surface area contributed by atoms with Crippen molar-refractivity contribution in [3.8, 4) is 0 Å². The third-order valence-corrected chi connectivity index (χ3v) is 3.97. The minimum absolute atomic E-state index is 0.0308. The van der Waals surface area contributed by atoms with Crippen molar-refractivity contribution in [3.05, 3.63) is 22.4 Å². The van der Waals surface area contributed by atoms with Crippen molar-refractivity contribution in [3.63, 3.8) is 0 Å². The van der Waals surface area contributed by atoms with Gasteiger partial charge in [0.1, 0.15) is 0 Å². The number of amides is 1. The molecule has 0 saturated carbocycles. The molecule has 18 heavy (non-hydrogen) atoms. The van der Waals surface area contributed by atoms with Gasteiger partial charge in [-0.25, -0.2) is 0 Å². The lowest BCUT2D eigenvalue weighted by atomic mass is 10.1. The van der Waals surface area contributed by atoms with Crippen LogP contribution in [-0.2, 0) is 9.53 Å². The number of hydrogen-bond acceptors (Lipinski definition) is 4. The summed E-state index contributed by atoms with van der Waals surface area (Å²) in [6, 6.07) is 3.29. The molecular formula is C12H15NO4S. The smallest absolute Gasteiger partial charge is 0.305 e. The minimum atomic E-state index is -0.888. The Morgan fingerprint density at radius 3 is 2.94 bits per heavy atom. The average Bonchev–Trinajstić information content (AvgIpc) is 2.95. The Hall–Kier alpha value is -1.40. The Balaban J connectivity index is 2.13. The fraction of sp³-hybridized carbons (Fsp3) is 0.500. The van der Waals surface area contributed by atoms with Crippen LogP contribution < -0.4 is 0 Å². The number of likely N-dealkylation sites (tertiary alicyclic amines) is 1. The number of carbonyl (C=O) groups is 2. The van der Waals surface area contributed by atoms with Crippen LogP contribution in [0.1, 0.15) is 22.5 Å². The topological polar surface area (TPSA) is 66.8 Å². The summed E-state index contributed by atoms with van der Waals surface area (Å²) >= 11 is 1.37. The summed E-state index contributed by atoms with van der Waals surface area (Å²) in [5.74, 6) is -0.989. The zero-order chi connectivity index (χ0) is 13.1. The van der Waals surface area contributed by atoms with Gasteiger partial charge in [-0.2, -0.15) is 0 Å². The summed E-state index contributed by atoms with van der Waals surface area (Å²) in [5.41, 5.74) is 0. The maximum absolute atomic E-state index is 12.2. The van der Waals surface area contributed by atoms with Crippen LogP contribution >= 0.6 is 11.3 Å². The summed E-state index contributed by atoms with van der Waals surface area (Å²) in [7, 11) is 1.58. The first-order chi connectivity index (χ1) is 8.61. The maximum Gasteiger partial charge on any atom is 0.305 e. The van der Waals surface area contributed by atoms with Gasteiger partial charge in [0.15, 0.2) is 0 Å². The minimum Gasteiger partial charge on any atom is -0.481 e. The van der Waals surface area contributed by atoms with E-state index in [1.807, 2.05) is 11.4 Å². The predicted molar refractivity (Wildman–Crippen MR) is 66.8 cm³/mol. The van der Waals surface area contributed by atoms with E-state index in [-0.39, 0.29) is 24.5 Å². The van der Waals surface area contributed by atoms with E-state index in [1.54, 1.807) is 18.1 Å². The summed E-state index contributed by atoms with van der Waals surface area (Å²) < 4.78 is 5.24. The molecule has 1 aromatic rings. The zero-order valence-corrected chi connectivity index (χ0v) is 10.9. The molecule has 1 fully saturated rings. The molecule has 2 heterocycles. The first-order valence-corrected chi connectivity index (χ1v) is 6.59. The predicted octanol–water partition coefficient (Wildman–Crippen LogP) is 1.45. The van der Waals surface area contributed by atoms with Crippen LogP contribution in [0.5, 0.6) is 0 Å². The fourth-order valence-corrected chi connectivity index (χ4v) is 2.91. The van der Waals surface area contributed by atoms with Crippen LogP contribution in [0, 0.1) is 0 Å². The normalized spacial score (nSPS) is 23.3. The molecule has 1 aliphatic heterocycles. The van der Waals surface area contributed by atoms with Crippen LogP contribution in [-0.4, -0.2) is 47.7 Å². The van der Waals surface area contributed by atoms with Crippen molar-refractivity contribution in [2.45, 2.75) is 25.0 Å². The van der Waals surface area contributed by atoms with Gasteiger partial charge in [0.2, 0.25) is 0 Å². The third-order valence-electron chi connectivity index (χ3n) is 3.11. The SMILES string of the molecule is COC1CC(CC(=O)O)N(C(=O)c2cccs2)C1. The first-order valence-electron chi connectivity index (χ1n) is 5.71. The number of nitrogens with zero attached hydrogens (tertiary/aromatic N) is 1. The second-order valence-electron chi connectivity index (χ2n) is 4.28. The Morgan fingerprint density at radius 1 is 1.61 bits per heavy atom. The number of rotatable bonds is 4. The molecule has 1 amide bonds. The van der Waals surface area contributed by atoms with E-state index in [9.17, 15) is 9.59 Å². The van der Waals surface area contributed by atoms with E-state index in [2.05, 4.69) is 0 Å². The van der Waals surface area contributed by atoms with Gasteiger partial charge in [0.05, 0.1) is 17.4 Å². The number of aliphatic carboxylic acids is 1. The highest BCUT2D eigenvalue weighted by Crippen LogP contribution is 2.25. The Kier molecular flexibility index (Phi) is 3.98. The largest absolute Gasteiger partial charge is 0.481 e. The van der Waals surface area contributed by atoms with E-state index in [1.165, 1.54) is 11.3 Å². The molecule has 2 unspecified atom stereocenters. The van der Waals surface area contributed by atoms with Crippen LogP contribution in [0.25, 0.3) is 0 Å². The molecule has 5 nitrogen and oxygen atoms in total. The van der Waals surface area contributed by atoms with Crippen molar-refractivity contribution in [1.82, 2.24) is 4.90 Å². The van der Waals surface area contributed by atoms with Crippen LogP contribution in [0.4, 0.5) is 0 Å². The number of ether oxygens (including phenoxy) is 1. The van der Waals surface area contributed by atoms with Gasteiger partial charge in [0, 0.05) is 19.7 Å². The van der Waals surface area contributed by atoms with Crippen molar-refractivity contribution in [2.75, 3.05) is 13.7 Å². The Bertz CT molecular complexity index is 431. The second-order valence-corrected chi connectivity index (χ2v) is 5.23. The summed E-state index contributed by atoms with van der Waals surface area (Å²) in [6.07, 6.45) is 0.481. The molecule has 0 radical (unpaired) electrons. The first kappa shape index (κ1) is 13.0. The molecule has 1 aromatic heterocycles. The van der Waals surface area contributed by atoms with E-state index in [0.717, 1.165) is 0 Å². The van der Waals surface area contributed by atoms with Crippen LogP contribution in [0.15, 0.2) is 17.5 Å². The van der Waals surface area contributed by atoms with Crippen molar-refractivity contribution in [2.24, 2.45) is 0 Å². The highest BCUT2D eigenvalue weighted by Gasteiger charge is 2.37. The number of methoxy groups -OCH3 is 1. The second kappa shape index (κ2) is 5.49. The lowest BCUT2D eigenvalue weighted by molar-refractivity contribution is -0.137. The van der Waals surface area contributed by atoms with E-state index < -0.39 is 5.97 Å². The molecule has 1 aliphatic rings. The molecule has 0 spiro atoms. The molecule has 2 atom stereocenters. The van der Waals surface area contributed by atoms with Gasteiger partial charge < -0.3 is 14.7 Å². The number of hydrogen-bond donors (Lipinski definition) is 1.